The van der Waals surface area contributed by atoms with E-state index in [9.17, 15) is 0 Å². The van der Waals surface area contributed by atoms with E-state index in [4.69, 9.17) is 4.74 Å². The van der Waals surface area contributed by atoms with Gasteiger partial charge in [0.25, 0.3) is 0 Å². The van der Waals surface area contributed by atoms with Gasteiger partial charge in [-0.1, -0.05) is 6.92 Å². The number of unbranched alkanes of at least 4 members (excludes halogenated alkanes) is 1. The molecule has 1 N–H and O–H groups in total. The Morgan fingerprint density at radius 1 is 1.30 bits per heavy atom. The SMILES string of the molecule is CCCOc1cc(NCCCCn2ccnc2)ncn1. The predicted molar refractivity (Wildman–Crippen MR) is 77.8 cm³/mol. The van der Waals surface area contributed by atoms with Crippen LogP contribution < -0.4 is 10.1 Å². The molecule has 2 heterocycles. The van der Waals surface area contributed by atoms with Crippen molar-refractivity contribution in [2.75, 3.05) is 18.5 Å². The van der Waals surface area contributed by atoms with Crippen LogP contribution in [0.3, 0.4) is 0 Å². The fourth-order valence-corrected chi connectivity index (χ4v) is 1.78. The lowest BCUT2D eigenvalue weighted by Crippen LogP contribution is -2.06. The zero-order valence-electron chi connectivity index (χ0n) is 11.8. The number of anilines is 1. The molecular formula is C14H21N5O. The maximum atomic E-state index is 5.47. The molecule has 0 fully saturated rings. The van der Waals surface area contributed by atoms with E-state index in [-0.39, 0.29) is 0 Å². The summed E-state index contributed by atoms with van der Waals surface area (Å²) in [5.41, 5.74) is 0. The molecular weight excluding hydrogens is 254 g/mol. The van der Waals surface area contributed by atoms with Gasteiger partial charge in [0.1, 0.15) is 12.1 Å². The number of hydrogen-bond acceptors (Lipinski definition) is 5. The van der Waals surface area contributed by atoms with Gasteiger partial charge in [-0.2, -0.15) is 0 Å². The maximum Gasteiger partial charge on any atom is 0.218 e. The number of aryl methyl sites for hydroxylation is 1. The molecule has 0 aliphatic heterocycles. The van der Waals surface area contributed by atoms with Gasteiger partial charge in [0.2, 0.25) is 5.88 Å². The van der Waals surface area contributed by atoms with Crippen molar-refractivity contribution in [3.05, 3.63) is 31.1 Å². The van der Waals surface area contributed by atoms with Crippen LogP contribution in [0.4, 0.5) is 5.82 Å². The maximum absolute atomic E-state index is 5.47. The first-order valence-corrected chi connectivity index (χ1v) is 7.03. The summed E-state index contributed by atoms with van der Waals surface area (Å²) in [6.07, 6.45) is 10.3. The third-order valence-electron chi connectivity index (χ3n) is 2.80. The minimum Gasteiger partial charge on any atom is -0.478 e. The molecule has 108 valence electrons. The van der Waals surface area contributed by atoms with Crippen molar-refractivity contribution in [2.45, 2.75) is 32.7 Å². The molecule has 0 bridgehead atoms. The minimum atomic E-state index is 0.628. The predicted octanol–water partition coefficient (Wildman–Crippen LogP) is 2.35. The Bertz CT molecular complexity index is 486. The highest BCUT2D eigenvalue weighted by molar-refractivity contribution is 5.36. The molecule has 6 nitrogen and oxygen atoms in total. The summed E-state index contributed by atoms with van der Waals surface area (Å²) in [5.74, 6) is 1.44. The average molecular weight is 275 g/mol. The third kappa shape index (κ3) is 4.87. The fraction of sp³-hybridized carbons (Fsp3) is 0.500. The number of rotatable bonds is 9. The van der Waals surface area contributed by atoms with Gasteiger partial charge in [0.15, 0.2) is 0 Å². The van der Waals surface area contributed by atoms with Crippen LogP contribution >= 0.6 is 0 Å². The van der Waals surface area contributed by atoms with Crippen molar-refractivity contribution in [1.29, 1.82) is 0 Å². The molecule has 2 aromatic rings. The Morgan fingerprint density at radius 2 is 2.25 bits per heavy atom. The highest BCUT2D eigenvalue weighted by atomic mass is 16.5. The second kappa shape index (κ2) is 8.14. The molecule has 0 aromatic carbocycles. The van der Waals surface area contributed by atoms with Crippen molar-refractivity contribution in [3.63, 3.8) is 0 Å². The summed E-state index contributed by atoms with van der Waals surface area (Å²) in [7, 11) is 0. The quantitative estimate of drug-likeness (QED) is 0.712. The van der Waals surface area contributed by atoms with E-state index in [1.807, 2.05) is 18.6 Å². The molecule has 20 heavy (non-hydrogen) atoms. The van der Waals surface area contributed by atoms with Crippen LogP contribution in [0, 0.1) is 0 Å². The zero-order valence-corrected chi connectivity index (χ0v) is 11.8. The fourth-order valence-electron chi connectivity index (χ4n) is 1.78. The van der Waals surface area contributed by atoms with Crippen LogP contribution in [0.15, 0.2) is 31.1 Å². The highest BCUT2D eigenvalue weighted by Crippen LogP contribution is 2.11. The summed E-state index contributed by atoms with van der Waals surface area (Å²) in [4.78, 5) is 12.3. The van der Waals surface area contributed by atoms with Gasteiger partial charge in [0, 0.05) is 31.5 Å². The van der Waals surface area contributed by atoms with Gasteiger partial charge < -0.3 is 14.6 Å². The van der Waals surface area contributed by atoms with Gasteiger partial charge in [-0.05, 0) is 19.3 Å². The molecule has 0 atom stereocenters. The number of aromatic nitrogens is 4. The molecule has 2 rings (SSSR count). The summed E-state index contributed by atoms with van der Waals surface area (Å²) in [6.45, 7) is 4.64. The van der Waals surface area contributed by atoms with Gasteiger partial charge in [-0.15, -0.1) is 0 Å². The van der Waals surface area contributed by atoms with E-state index >= 15 is 0 Å². The molecule has 0 spiro atoms. The Hall–Kier alpha value is -2.11. The second-order valence-corrected chi connectivity index (χ2v) is 4.52. The lowest BCUT2D eigenvalue weighted by molar-refractivity contribution is 0.305. The highest BCUT2D eigenvalue weighted by Gasteiger charge is 1.99. The Balaban J connectivity index is 1.65. The standard InChI is InChI=1S/C14H21N5O/c1-2-9-20-14-10-13(17-11-18-14)16-5-3-4-7-19-8-6-15-12-19/h6,8,10-12H,2-5,7,9H2,1H3,(H,16,17,18). The van der Waals surface area contributed by atoms with E-state index in [1.165, 1.54) is 6.33 Å². The Kier molecular flexibility index (Phi) is 5.82. The van der Waals surface area contributed by atoms with E-state index in [0.29, 0.717) is 12.5 Å². The Morgan fingerprint density at radius 3 is 3.05 bits per heavy atom. The molecule has 0 saturated heterocycles. The lowest BCUT2D eigenvalue weighted by Gasteiger charge is -2.07. The van der Waals surface area contributed by atoms with Crippen LogP contribution in [0.25, 0.3) is 0 Å². The van der Waals surface area contributed by atoms with Crippen molar-refractivity contribution < 1.29 is 4.74 Å². The summed E-state index contributed by atoms with van der Waals surface area (Å²) >= 11 is 0. The normalized spacial score (nSPS) is 10.4. The molecule has 0 radical (unpaired) electrons. The molecule has 2 aromatic heterocycles. The number of imidazole rings is 1. The first-order chi connectivity index (χ1) is 9.88. The first kappa shape index (κ1) is 14.3. The average Bonchev–Trinajstić information content (AvgIpc) is 2.98. The van der Waals surface area contributed by atoms with Gasteiger partial charge in [-0.25, -0.2) is 15.0 Å². The molecule has 6 heteroatoms. The van der Waals surface area contributed by atoms with E-state index < -0.39 is 0 Å². The van der Waals surface area contributed by atoms with Crippen molar-refractivity contribution in [3.8, 4) is 5.88 Å². The Labute approximate surface area is 119 Å². The van der Waals surface area contributed by atoms with Gasteiger partial charge in [0.05, 0.1) is 12.9 Å². The first-order valence-electron chi connectivity index (χ1n) is 7.03. The van der Waals surface area contributed by atoms with Crippen molar-refractivity contribution >= 4 is 5.82 Å². The van der Waals surface area contributed by atoms with Crippen molar-refractivity contribution in [2.24, 2.45) is 0 Å². The van der Waals surface area contributed by atoms with E-state index in [0.717, 1.165) is 38.2 Å². The zero-order chi connectivity index (χ0) is 14.0. The monoisotopic (exact) mass is 275 g/mol. The van der Waals surface area contributed by atoms with Gasteiger partial charge in [-0.3, -0.25) is 0 Å². The number of nitrogens with one attached hydrogen (secondary N) is 1. The van der Waals surface area contributed by atoms with Crippen LogP contribution in [-0.4, -0.2) is 32.7 Å². The van der Waals surface area contributed by atoms with Crippen molar-refractivity contribution in [1.82, 2.24) is 19.5 Å². The van der Waals surface area contributed by atoms with Gasteiger partial charge >= 0.3 is 0 Å². The molecule has 0 aliphatic carbocycles. The lowest BCUT2D eigenvalue weighted by atomic mass is 10.3. The molecule has 0 amide bonds. The van der Waals surface area contributed by atoms with Crippen LogP contribution in [-0.2, 0) is 6.54 Å². The second-order valence-electron chi connectivity index (χ2n) is 4.52. The number of ether oxygens (including phenoxy) is 1. The largest absolute Gasteiger partial charge is 0.478 e. The van der Waals surface area contributed by atoms with E-state index in [1.54, 1.807) is 6.20 Å². The smallest absolute Gasteiger partial charge is 0.218 e. The minimum absolute atomic E-state index is 0.628. The van der Waals surface area contributed by atoms with Crippen LogP contribution in [0.1, 0.15) is 26.2 Å². The molecule has 0 aliphatic rings. The molecule has 0 unspecified atom stereocenters. The summed E-state index contributed by atoms with van der Waals surface area (Å²) < 4.78 is 7.56. The number of nitrogens with zero attached hydrogens (tertiary/aromatic N) is 4. The van der Waals surface area contributed by atoms with Crippen LogP contribution in [0.5, 0.6) is 5.88 Å². The molecule has 0 saturated carbocycles. The third-order valence-corrected chi connectivity index (χ3v) is 2.80. The summed E-state index contributed by atoms with van der Waals surface area (Å²) in [5, 5.41) is 3.29. The van der Waals surface area contributed by atoms with Crippen LogP contribution in [0.2, 0.25) is 0 Å². The summed E-state index contributed by atoms with van der Waals surface area (Å²) in [6, 6.07) is 1.84. The van der Waals surface area contributed by atoms with E-state index in [2.05, 4.69) is 31.8 Å². The topological polar surface area (TPSA) is 64.9 Å². The number of hydrogen-bond donors (Lipinski definition) is 1.